The first-order chi connectivity index (χ1) is 9.86. The van der Waals surface area contributed by atoms with Gasteiger partial charge in [-0.05, 0) is 43.4 Å². The van der Waals surface area contributed by atoms with Gasteiger partial charge in [0.15, 0.2) is 0 Å². The average molecular weight is 278 g/mol. The van der Waals surface area contributed by atoms with Gasteiger partial charge in [-0.2, -0.15) is 0 Å². The van der Waals surface area contributed by atoms with Crippen LogP contribution in [0.4, 0.5) is 0 Å². The molecule has 20 heavy (non-hydrogen) atoms. The fourth-order valence-electron chi connectivity index (χ4n) is 2.24. The molecule has 0 saturated carbocycles. The maximum Gasteiger partial charge on any atom is 0.118 e. The molecule has 2 heteroatoms. The SMILES string of the molecule is CCCCCOCCCCCCc1ccc(OC)cc1. The predicted molar refractivity (Wildman–Crippen MR) is 85.5 cm³/mol. The van der Waals surface area contributed by atoms with Gasteiger partial charge in [-0.15, -0.1) is 0 Å². The Morgan fingerprint density at radius 1 is 0.800 bits per heavy atom. The van der Waals surface area contributed by atoms with Crippen LogP contribution in [0.1, 0.15) is 57.4 Å². The Kier molecular flexibility index (Phi) is 10.0. The molecule has 0 aliphatic rings. The number of rotatable bonds is 12. The Morgan fingerprint density at radius 3 is 2.10 bits per heavy atom. The summed E-state index contributed by atoms with van der Waals surface area (Å²) in [6.45, 7) is 4.11. The second kappa shape index (κ2) is 11.8. The Morgan fingerprint density at radius 2 is 1.45 bits per heavy atom. The molecule has 0 aromatic heterocycles. The Balaban J connectivity index is 1.91. The van der Waals surface area contributed by atoms with Crippen LogP contribution in [-0.2, 0) is 11.2 Å². The first-order valence-electron chi connectivity index (χ1n) is 8.07. The zero-order chi connectivity index (χ0) is 14.5. The number of unbranched alkanes of at least 4 members (excludes halogenated alkanes) is 5. The highest BCUT2D eigenvalue weighted by Crippen LogP contribution is 2.14. The first-order valence-corrected chi connectivity index (χ1v) is 8.07. The number of ether oxygens (including phenoxy) is 2. The molecular formula is C18H30O2. The summed E-state index contributed by atoms with van der Waals surface area (Å²) < 4.78 is 10.8. The largest absolute Gasteiger partial charge is 0.497 e. The van der Waals surface area contributed by atoms with Gasteiger partial charge >= 0.3 is 0 Å². The van der Waals surface area contributed by atoms with Crippen molar-refractivity contribution >= 4 is 0 Å². The summed E-state index contributed by atoms with van der Waals surface area (Å²) >= 11 is 0. The summed E-state index contributed by atoms with van der Waals surface area (Å²) in [5.74, 6) is 0.939. The smallest absolute Gasteiger partial charge is 0.118 e. The van der Waals surface area contributed by atoms with Crippen LogP contribution < -0.4 is 4.74 Å². The van der Waals surface area contributed by atoms with Crippen LogP contribution in [0.2, 0.25) is 0 Å². The molecular weight excluding hydrogens is 248 g/mol. The fraction of sp³-hybridized carbons (Fsp3) is 0.667. The Hall–Kier alpha value is -1.02. The van der Waals surface area contributed by atoms with Crippen LogP contribution in [0.15, 0.2) is 24.3 Å². The van der Waals surface area contributed by atoms with Crippen LogP contribution in [-0.4, -0.2) is 20.3 Å². The van der Waals surface area contributed by atoms with Gasteiger partial charge in [-0.3, -0.25) is 0 Å². The lowest BCUT2D eigenvalue weighted by molar-refractivity contribution is 0.126. The van der Waals surface area contributed by atoms with Gasteiger partial charge in [0.2, 0.25) is 0 Å². The third-order valence-electron chi connectivity index (χ3n) is 3.56. The first kappa shape index (κ1) is 17.0. The maximum atomic E-state index is 5.61. The van der Waals surface area contributed by atoms with E-state index in [-0.39, 0.29) is 0 Å². The highest BCUT2D eigenvalue weighted by Gasteiger charge is 1.96. The second-order valence-electron chi connectivity index (χ2n) is 5.33. The maximum absolute atomic E-state index is 5.61. The molecule has 1 aromatic carbocycles. The minimum absolute atomic E-state index is 0.937. The second-order valence-corrected chi connectivity index (χ2v) is 5.33. The quantitative estimate of drug-likeness (QED) is 0.501. The molecule has 1 aromatic rings. The fourth-order valence-corrected chi connectivity index (χ4v) is 2.24. The average Bonchev–Trinajstić information content (AvgIpc) is 2.50. The molecule has 0 unspecified atom stereocenters. The molecule has 1 rings (SSSR count). The minimum atomic E-state index is 0.937. The van der Waals surface area contributed by atoms with E-state index in [1.807, 2.05) is 12.1 Å². The number of hydrogen-bond donors (Lipinski definition) is 0. The summed E-state index contributed by atoms with van der Waals surface area (Å²) in [5, 5.41) is 0. The number of aryl methyl sites for hydroxylation is 1. The molecule has 0 amide bonds. The number of hydrogen-bond acceptors (Lipinski definition) is 2. The van der Waals surface area contributed by atoms with E-state index in [1.54, 1.807) is 7.11 Å². The normalized spacial score (nSPS) is 10.7. The van der Waals surface area contributed by atoms with Gasteiger partial charge in [-0.1, -0.05) is 44.7 Å². The monoisotopic (exact) mass is 278 g/mol. The van der Waals surface area contributed by atoms with E-state index in [9.17, 15) is 0 Å². The van der Waals surface area contributed by atoms with E-state index >= 15 is 0 Å². The molecule has 0 saturated heterocycles. The zero-order valence-electron chi connectivity index (χ0n) is 13.2. The number of methoxy groups -OCH3 is 1. The molecule has 0 N–H and O–H groups in total. The van der Waals surface area contributed by atoms with Crippen molar-refractivity contribution < 1.29 is 9.47 Å². The van der Waals surface area contributed by atoms with Crippen molar-refractivity contribution in [2.24, 2.45) is 0 Å². The van der Waals surface area contributed by atoms with E-state index in [0.29, 0.717) is 0 Å². The molecule has 114 valence electrons. The van der Waals surface area contributed by atoms with Crippen molar-refractivity contribution in [3.8, 4) is 5.75 Å². The lowest BCUT2D eigenvalue weighted by Crippen LogP contribution is -1.97. The minimum Gasteiger partial charge on any atom is -0.497 e. The topological polar surface area (TPSA) is 18.5 Å². The van der Waals surface area contributed by atoms with Crippen molar-refractivity contribution in [3.05, 3.63) is 29.8 Å². The van der Waals surface area contributed by atoms with Gasteiger partial charge in [0.25, 0.3) is 0 Å². The lowest BCUT2D eigenvalue weighted by Gasteiger charge is -2.05. The van der Waals surface area contributed by atoms with Crippen molar-refractivity contribution in [1.82, 2.24) is 0 Å². The van der Waals surface area contributed by atoms with E-state index < -0.39 is 0 Å². The van der Waals surface area contributed by atoms with Gasteiger partial charge in [0.1, 0.15) is 5.75 Å². The van der Waals surface area contributed by atoms with Crippen molar-refractivity contribution in [2.75, 3.05) is 20.3 Å². The lowest BCUT2D eigenvalue weighted by atomic mass is 10.1. The summed E-state index contributed by atoms with van der Waals surface area (Å²) in [6, 6.07) is 8.41. The Bertz CT molecular complexity index is 319. The molecule has 0 aliphatic heterocycles. The van der Waals surface area contributed by atoms with Crippen LogP contribution in [0.5, 0.6) is 5.75 Å². The van der Waals surface area contributed by atoms with Crippen LogP contribution in [0, 0.1) is 0 Å². The van der Waals surface area contributed by atoms with Crippen molar-refractivity contribution in [2.45, 2.75) is 58.3 Å². The highest BCUT2D eigenvalue weighted by molar-refractivity contribution is 5.27. The zero-order valence-corrected chi connectivity index (χ0v) is 13.2. The summed E-state index contributed by atoms with van der Waals surface area (Å²) in [5.41, 5.74) is 1.40. The molecule has 0 atom stereocenters. The van der Waals surface area contributed by atoms with E-state index in [1.165, 1.54) is 56.9 Å². The van der Waals surface area contributed by atoms with Gasteiger partial charge in [0.05, 0.1) is 7.11 Å². The molecule has 0 fully saturated rings. The van der Waals surface area contributed by atoms with Gasteiger partial charge in [-0.25, -0.2) is 0 Å². The van der Waals surface area contributed by atoms with Crippen molar-refractivity contribution in [3.63, 3.8) is 0 Å². The van der Waals surface area contributed by atoms with Crippen molar-refractivity contribution in [1.29, 1.82) is 0 Å². The van der Waals surface area contributed by atoms with Crippen LogP contribution in [0.25, 0.3) is 0 Å². The van der Waals surface area contributed by atoms with Crippen LogP contribution in [0.3, 0.4) is 0 Å². The van der Waals surface area contributed by atoms with E-state index in [4.69, 9.17) is 9.47 Å². The summed E-state index contributed by atoms with van der Waals surface area (Å²) in [4.78, 5) is 0. The predicted octanol–water partition coefficient (Wildman–Crippen LogP) is 5.00. The highest BCUT2D eigenvalue weighted by atomic mass is 16.5. The third-order valence-corrected chi connectivity index (χ3v) is 3.56. The number of benzene rings is 1. The van der Waals surface area contributed by atoms with Gasteiger partial charge in [0, 0.05) is 13.2 Å². The molecule has 0 aliphatic carbocycles. The standard InChI is InChI=1S/C18H30O2/c1-3-4-8-15-20-16-9-6-5-7-10-17-11-13-18(19-2)14-12-17/h11-14H,3-10,15-16H2,1-2H3. The Labute approximate surface area is 124 Å². The summed E-state index contributed by atoms with van der Waals surface area (Å²) in [6.07, 6.45) is 10.00. The van der Waals surface area contributed by atoms with E-state index in [2.05, 4.69) is 19.1 Å². The molecule has 2 nitrogen and oxygen atoms in total. The molecule has 0 bridgehead atoms. The third kappa shape index (κ3) is 8.21. The molecule has 0 spiro atoms. The summed E-state index contributed by atoms with van der Waals surface area (Å²) in [7, 11) is 1.71. The van der Waals surface area contributed by atoms with Gasteiger partial charge < -0.3 is 9.47 Å². The molecule has 0 radical (unpaired) electrons. The molecule has 0 heterocycles. The van der Waals surface area contributed by atoms with Crippen LogP contribution >= 0.6 is 0 Å². The van der Waals surface area contributed by atoms with E-state index in [0.717, 1.165) is 19.0 Å².